The lowest BCUT2D eigenvalue weighted by Crippen LogP contribution is -2.44. The summed E-state index contributed by atoms with van der Waals surface area (Å²) in [5, 5.41) is 6.95. The van der Waals surface area contributed by atoms with E-state index in [1.807, 2.05) is 25.1 Å². The Morgan fingerprint density at radius 2 is 1.93 bits per heavy atom. The maximum Gasteiger partial charge on any atom is 0.191 e. The summed E-state index contributed by atoms with van der Waals surface area (Å²) in [6, 6.07) is 16.9. The molecule has 30 heavy (non-hydrogen) atoms. The highest BCUT2D eigenvalue weighted by Gasteiger charge is 2.23. The van der Waals surface area contributed by atoms with E-state index >= 15 is 0 Å². The third-order valence-electron chi connectivity index (χ3n) is 4.94. The van der Waals surface area contributed by atoms with E-state index in [0.29, 0.717) is 19.2 Å². The Morgan fingerprint density at radius 1 is 1.13 bits per heavy atom. The maximum absolute atomic E-state index is 5.59. The van der Waals surface area contributed by atoms with Crippen molar-refractivity contribution in [2.24, 2.45) is 4.99 Å². The number of hydrogen-bond donors (Lipinski definition) is 2. The third kappa shape index (κ3) is 6.68. The molecule has 0 bridgehead atoms. The summed E-state index contributed by atoms with van der Waals surface area (Å²) in [6.45, 7) is 8.10. The molecule has 164 valence electrons. The molecule has 6 nitrogen and oxygen atoms in total. The Morgan fingerprint density at radius 3 is 2.63 bits per heavy atom. The molecule has 7 heteroatoms. The van der Waals surface area contributed by atoms with E-state index in [1.54, 1.807) is 7.11 Å². The number of hydrogen-bond acceptors (Lipinski definition) is 4. The number of benzene rings is 2. The van der Waals surface area contributed by atoms with Gasteiger partial charge >= 0.3 is 0 Å². The third-order valence-corrected chi connectivity index (χ3v) is 4.94. The largest absolute Gasteiger partial charge is 0.493 e. The van der Waals surface area contributed by atoms with Crippen LogP contribution in [-0.4, -0.2) is 45.4 Å². The van der Waals surface area contributed by atoms with Crippen LogP contribution >= 0.6 is 24.0 Å². The lowest BCUT2D eigenvalue weighted by molar-refractivity contribution is 0.310. The number of rotatable bonds is 8. The number of methoxy groups -OCH3 is 1. The Kier molecular flexibility index (Phi) is 10.1. The van der Waals surface area contributed by atoms with Gasteiger partial charge in [-0.2, -0.15) is 0 Å². The normalized spacial score (nSPS) is 16.0. The Hall–Kier alpha value is -2.16. The van der Waals surface area contributed by atoms with Crippen molar-refractivity contribution in [3.05, 3.63) is 54.1 Å². The standard InChI is InChI=1S/C23H32N4O2.HI/c1-4-24-23(25-16-18-11-12-21(29-5-2)22(15-18)28-3)26-19-13-14-27(17-19)20-9-7-6-8-10-20;/h6-12,15,19H,4-5,13-14,16-17H2,1-3H3,(H2,24,25,26);1H. The average Bonchev–Trinajstić information content (AvgIpc) is 3.22. The summed E-state index contributed by atoms with van der Waals surface area (Å²) < 4.78 is 11.0. The minimum absolute atomic E-state index is 0. The van der Waals surface area contributed by atoms with Crippen LogP contribution in [0.5, 0.6) is 11.5 Å². The molecule has 1 heterocycles. The SMILES string of the molecule is CCNC(=NCc1ccc(OCC)c(OC)c1)NC1CCN(c2ccccc2)C1.I. The van der Waals surface area contributed by atoms with Gasteiger partial charge in [-0.3, -0.25) is 0 Å². The number of para-hydroxylation sites is 1. The number of nitrogens with one attached hydrogen (secondary N) is 2. The summed E-state index contributed by atoms with van der Waals surface area (Å²) in [4.78, 5) is 7.19. The predicted octanol–water partition coefficient (Wildman–Crippen LogP) is 4.05. The van der Waals surface area contributed by atoms with Crippen LogP contribution in [0.2, 0.25) is 0 Å². The van der Waals surface area contributed by atoms with Crippen LogP contribution in [0, 0.1) is 0 Å². The van der Waals surface area contributed by atoms with Crippen molar-refractivity contribution < 1.29 is 9.47 Å². The zero-order valence-electron chi connectivity index (χ0n) is 18.1. The lowest BCUT2D eigenvalue weighted by atomic mass is 10.2. The molecular weight excluding hydrogens is 491 g/mol. The molecule has 2 aromatic carbocycles. The number of nitrogens with zero attached hydrogens (tertiary/aromatic N) is 2. The van der Waals surface area contributed by atoms with E-state index in [4.69, 9.17) is 14.5 Å². The molecule has 0 amide bonds. The van der Waals surface area contributed by atoms with Crippen molar-refractivity contribution in [3.63, 3.8) is 0 Å². The van der Waals surface area contributed by atoms with E-state index in [1.165, 1.54) is 5.69 Å². The molecule has 1 atom stereocenters. The molecular formula is C23H33IN4O2. The summed E-state index contributed by atoms with van der Waals surface area (Å²) in [5.41, 5.74) is 2.36. The molecule has 0 aliphatic carbocycles. The number of halogens is 1. The van der Waals surface area contributed by atoms with Gasteiger partial charge in [0, 0.05) is 31.4 Å². The number of anilines is 1. The highest BCUT2D eigenvalue weighted by Crippen LogP contribution is 2.28. The molecule has 2 N–H and O–H groups in total. The van der Waals surface area contributed by atoms with Crippen molar-refractivity contribution >= 4 is 35.6 Å². The van der Waals surface area contributed by atoms with Crippen LogP contribution in [0.4, 0.5) is 5.69 Å². The van der Waals surface area contributed by atoms with Crippen LogP contribution in [0.3, 0.4) is 0 Å². The molecule has 2 aromatic rings. The molecule has 0 saturated carbocycles. The van der Waals surface area contributed by atoms with Crippen molar-refractivity contribution in [3.8, 4) is 11.5 Å². The van der Waals surface area contributed by atoms with E-state index < -0.39 is 0 Å². The quantitative estimate of drug-likeness (QED) is 0.310. The Balaban J connectivity index is 0.00000320. The first-order chi connectivity index (χ1) is 14.2. The van der Waals surface area contributed by atoms with Gasteiger partial charge in [-0.15, -0.1) is 24.0 Å². The second kappa shape index (κ2) is 12.5. The maximum atomic E-state index is 5.59. The predicted molar refractivity (Wildman–Crippen MR) is 135 cm³/mol. The monoisotopic (exact) mass is 524 g/mol. The zero-order valence-corrected chi connectivity index (χ0v) is 20.4. The zero-order chi connectivity index (χ0) is 20.5. The fourth-order valence-electron chi connectivity index (χ4n) is 3.52. The van der Waals surface area contributed by atoms with Gasteiger partial charge in [0.25, 0.3) is 0 Å². The van der Waals surface area contributed by atoms with Crippen molar-refractivity contribution in [2.45, 2.75) is 32.9 Å². The summed E-state index contributed by atoms with van der Waals surface area (Å²) >= 11 is 0. The van der Waals surface area contributed by atoms with Crippen LogP contribution in [0.15, 0.2) is 53.5 Å². The van der Waals surface area contributed by atoms with Gasteiger partial charge in [-0.05, 0) is 50.1 Å². The van der Waals surface area contributed by atoms with Gasteiger partial charge < -0.3 is 25.0 Å². The van der Waals surface area contributed by atoms with Crippen molar-refractivity contribution in [1.29, 1.82) is 0 Å². The molecule has 0 spiro atoms. The number of aliphatic imine (C=N–C) groups is 1. The topological polar surface area (TPSA) is 58.1 Å². The minimum Gasteiger partial charge on any atom is -0.493 e. The molecule has 3 rings (SSSR count). The molecule has 1 saturated heterocycles. The van der Waals surface area contributed by atoms with E-state index in [2.05, 4.69) is 52.8 Å². The first-order valence-electron chi connectivity index (χ1n) is 10.4. The molecule has 0 aromatic heterocycles. The van der Waals surface area contributed by atoms with E-state index in [9.17, 15) is 0 Å². The van der Waals surface area contributed by atoms with Crippen molar-refractivity contribution in [1.82, 2.24) is 10.6 Å². The van der Waals surface area contributed by atoms with Gasteiger partial charge in [-0.25, -0.2) is 4.99 Å². The Labute approximate surface area is 197 Å². The molecule has 1 aliphatic rings. The second-order valence-corrected chi connectivity index (χ2v) is 7.02. The minimum atomic E-state index is 0. The second-order valence-electron chi connectivity index (χ2n) is 7.02. The van der Waals surface area contributed by atoms with Crippen LogP contribution < -0.4 is 25.0 Å². The van der Waals surface area contributed by atoms with Gasteiger partial charge in [0.15, 0.2) is 17.5 Å². The van der Waals surface area contributed by atoms with Gasteiger partial charge in [0.2, 0.25) is 0 Å². The first kappa shape index (κ1) is 24.1. The van der Waals surface area contributed by atoms with E-state index in [0.717, 1.165) is 49.1 Å². The van der Waals surface area contributed by atoms with Crippen molar-refractivity contribution in [2.75, 3.05) is 38.3 Å². The van der Waals surface area contributed by atoms with Gasteiger partial charge in [0.1, 0.15) is 0 Å². The van der Waals surface area contributed by atoms with E-state index in [-0.39, 0.29) is 24.0 Å². The van der Waals surface area contributed by atoms with Gasteiger partial charge in [-0.1, -0.05) is 24.3 Å². The first-order valence-corrected chi connectivity index (χ1v) is 10.4. The Bertz CT molecular complexity index is 801. The smallest absolute Gasteiger partial charge is 0.191 e. The fourth-order valence-corrected chi connectivity index (χ4v) is 3.52. The summed E-state index contributed by atoms with van der Waals surface area (Å²) in [7, 11) is 1.66. The van der Waals surface area contributed by atoms with Crippen LogP contribution in [-0.2, 0) is 6.54 Å². The number of ether oxygens (including phenoxy) is 2. The highest BCUT2D eigenvalue weighted by atomic mass is 127. The highest BCUT2D eigenvalue weighted by molar-refractivity contribution is 14.0. The molecule has 1 unspecified atom stereocenters. The summed E-state index contributed by atoms with van der Waals surface area (Å²) in [5.74, 6) is 2.35. The molecule has 1 aliphatic heterocycles. The molecule has 1 fully saturated rings. The summed E-state index contributed by atoms with van der Waals surface area (Å²) in [6.07, 6.45) is 1.09. The number of guanidine groups is 1. The van der Waals surface area contributed by atoms with Crippen LogP contribution in [0.1, 0.15) is 25.8 Å². The van der Waals surface area contributed by atoms with Crippen LogP contribution in [0.25, 0.3) is 0 Å². The molecule has 0 radical (unpaired) electrons. The fraction of sp³-hybridized carbons (Fsp3) is 0.435. The average molecular weight is 524 g/mol. The lowest BCUT2D eigenvalue weighted by Gasteiger charge is -2.20. The van der Waals surface area contributed by atoms with Gasteiger partial charge in [0.05, 0.1) is 20.3 Å².